The molecule has 2 aromatic rings. The molecule has 2 rings (SSSR count). The molecule has 0 aliphatic heterocycles. The van der Waals surface area contributed by atoms with Crippen molar-refractivity contribution in [1.82, 2.24) is 0 Å². The van der Waals surface area contributed by atoms with Gasteiger partial charge in [-0.05, 0) is 0 Å². The van der Waals surface area contributed by atoms with Crippen LogP contribution in [0.2, 0.25) is 0 Å². The second kappa shape index (κ2) is 5.51. The van der Waals surface area contributed by atoms with Crippen LogP contribution >= 0.6 is 0 Å². The average molecular weight is 275 g/mol. The topological polar surface area (TPSA) is 0 Å². The molecule has 0 aliphatic rings. The van der Waals surface area contributed by atoms with Crippen LogP contribution in [-0.2, 0) is 0 Å². The maximum absolute atomic E-state index is 12.9. The molecule has 2 aromatic carbocycles. The fourth-order valence-corrected chi connectivity index (χ4v) is 2.41. The van der Waals surface area contributed by atoms with Gasteiger partial charge in [0.25, 0.3) is 0 Å². The second-order valence-corrected chi connectivity index (χ2v) is 5.00. The van der Waals surface area contributed by atoms with Crippen molar-refractivity contribution < 1.29 is 4.39 Å². The van der Waals surface area contributed by atoms with Crippen molar-refractivity contribution in [3.63, 3.8) is 0 Å². The molecule has 0 fully saturated rings. The summed E-state index contributed by atoms with van der Waals surface area (Å²) in [4.78, 5) is 3.09. The molecule has 0 nitrogen and oxygen atoms in total. The second-order valence-electron chi connectivity index (χ2n) is 3.15. The van der Waals surface area contributed by atoms with Crippen molar-refractivity contribution in [3.05, 3.63) is 66.0 Å². The molecule has 0 bridgehead atoms. The van der Waals surface area contributed by atoms with E-state index in [0.717, 1.165) is 5.56 Å². The van der Waals surface area contributed by atoms with Crippen molar-refractivity contribution >= 4 is 19.4 Å². The SMILES string of the molecule is Fc1cccc(C#C[Se]c2ccccc2)c1. The molecule has 0 aliphatic carbocycles. The predicted octanol–water partition coefficient (Wildman–Crippen LogP) is 2.16. The van der Waals surface area contributed by atoms with Crippen LogP contribution in [0.15, 0.2) is 54.6 Å². The number of hydrogen-bond acceptors (Lipinski definition) is 0. The predicted molar refractivity (Wildman–Crippen MR) is 65.1 cm³/mol. The summed E-state index contributed by atoms with van der Waals surface area (Å²) in [6, 6.07) is 16.5. The van der Waals surface area contributed by atoms with Gasteiger partial charge < -0.3 is 0 Å². The Bertz CT molecular complexity index is 523. The molecular weight excluding hydrogens is 266 g/mol. The fourth-order valence-electron chi connectivity index (χ4n) is 1.20. The Morgan fingerprint density at radius 1 is 0.938 bits per heavy atom. The van der Waals surface area contributed by atoms with E-state index < -0.39 is 0 Å². The Labute approximate surface area is 101 Å². The molecule has 0 aromatic heterocycles. The van der Waals surface area contributed by atoms with Crippen LogP contribution in [0, 0.1) is 16.6 Å². The zero-order chi connectivity index (χ0) is 11.2. The van der Waals surface area contributed by atoms with E-state index in [4.69, 9.17) is 0 Å². The summed E-state index contributed by atoms with van der Waals surface area (Å²) in [5.41, 5.74) is 0.734. The Balaban J connectivity index is 2.06. The molecule has 0 unspecified atom stereocenters. The molecule has 0 spiro atoms. The van der Waals surface area contributed by atoms with E-state index in [1.165, 1.54) is 16.6 Å². The molecule has 0 saturated carbocycles. The van der Waals surface area contributed by atoms with E-state index in [-0.39, 0.29) is 20.8 Å². The molecule has 0 atom stereocenters. The third kappa shape index (κ3) is 3.24. The quantitative estimate of drug-likeness (QED) is 0.552. The van der Waals surface area contributed by atoms with Gasteiger partial charge >= 0.3 is 101 Å². The minimum absolute atomic E-state index is 0.133. The van der Waals surface area contributed by atoms with Gasteiger partial charge in [-0.25, -0.2) is 0 Å². The first-order valence-corrected chi connectivity index (χ1v) is 6.54. The van der Waals surface area contributed by atoms with E-state index >= 15 is 0 Å². The van der Waals surface area contributed by atoms with Crippen molar-refractivity contribution in [2.24, 2.45) is 0 Å². The molecule has 16 heavy (non-hydrogen) atoms. The van der Waals surface area contributed by atoms with Crippen molar-refractivity contribution in [3.8, 4) is 10.7 Å². The Kier molecular flexibility index (Phi) is 3.77. The van der Waals surface area contributed by atoms with Crippen LogP contribution in [0.1, 0.15) is 5.56 Å². The van der Waals surface area contributed by atoms with Crippen molar-refractivity contribution in [2.45, 2.75) is 0 Å². The molecule has 0 N–H and O–H groups in total. The standard InChI is InChI=1S/C14H9FSe/c15-13-6-4-5-12(11-13)9-10-16-14-7-2-1-3-8-14/h1-8,11H. The van der Waals surface area contributed by atoms with Crippen LogP contribution in [0.25, 0.3) is 0 Å². The summed E-state index contributed by atoms with van der Waals surface area (Å²) in [7, 11) is 0. The van der Waals surface area contributed by atoms with Gasteiger partial charge in [0.15, 0.2) is 0 Å². The molecule has 78 valence electrons. The van der Waals surface area contributed by atoms with Crippen molar-refractivity contribution in [2.75, 3.05) is 0 Å². The van der Waals surface area contributed by atoms with Crippen LogP contribution in [0.4, 0.5) is 4.39 Å². The normalized spacial score (nSPS) is 9.31. The van der Waals surface area contributed by atoms with E-state index in [1.807, 2.05) is 24.3 Å². The summed E-state index contributed by atoms with van der Waals surface area (Å²) >= 11 is 0.133. The number of benzene rings is 2. The van der Waals surface area contributed by atoms with E-state index in [9.17, 15) is 4.39 Å². The third-order valence-corrected chi connectivity index (χ3v) is 3.43. The van der Waals surface area contributed by atoms with E-state index in [2.05, 4.69) is 22.9 Å². The summed E-state index contributed by atoms with van der Waals surface area (Å²) in [5, 5.41) is 0. The minimum atomic E-state index is -0.237. The monoisotopic (exact) mass is 276 g/mol. The number of rotatable bonds is 1. The molecule has 0 saturated heterocycles. The summed E-state index contributed by atoms with van der Waals surface area (Å²) in [6.45, 7) is 0. The molecule has 0 heterocycles. The van der Waals surface area contributed by atoms with Crippen LogP contribution in [0.3, 0.4) is 0 Å². The zero-order valence-corrected chi connectivity index (χ0v) is 10.2. The van der Waals surface area contributed by atoms with Crippen LogP contribution in [-0.4, -0.2) is 15.0 Å². The summed E-state index contributed by atoms with van der Waals surface area (Å²) in [6.07, 6.45) is 0. The first-order valence-electron chi connectivity index (χ1n) is 4.83. The van der Waals surface area contributed by atoms with Gasteiger partial charge in [-0.2, -0.15) is 0 Å². The van der Waals surface area contributed by atoms with Crippen LogP contribution in [0.5, 0.6) is 0 Å². The van der Waals surface area contributed by atoms with E-state index in [0.29, 0.717) is 0 Å². The molecule has 0 radical (unpaired) electrons. The van der Waals surface area contributed by atoms with Gasteiger partial charge in [0.1, 0.15) is 0 Å². The first-order chi connectivity index (χ1) is 7.84. The average Bonchev–Trinajstić information content (AvgIpc) is 2.30. The molecule has 0 amide bonds. The molecular formula is C14H9FSe. The summed E-state index contributed by atoms with van der Waals surface area (Å²) in [5.74, 6) is 2.73. The Hall–Kier alpha value is -1.55. The van der Waals surface area contributed by atoms with Gasteiger partial charge in [0.05, 0.1) is 0 Å². The molecule has 2 heteroatoms. The first kappa shape index (κ1) is 11.0. The third-order valence-electron chi connectivity index (χ3n) is 1.93. The van der Waals surface area contributed by atoms with E-state index in [1.54, 1.807) is 6.07 Å². The van der Waals surface area contributed by atoms with Crippen molar-refractivity contribution in [1.29, 1.82) is 0 Å². The van der Waals surface area contributed by atoms with Gasteiger partial charge in [-0.3, -0.25) is 0 Å². The Morgan fingerprint density at radius 2 is 1.75 bits per heavy atom. The number of hydrogen-bond donors (Lipinski definition) is 0. The summed E-state index contributed by atoms with van der Waals surface area (Å²) < 4.78 is 14.1. The Morgan fingerprint density at radius 3 is 2.50 bits per heavy atom. The van der Waals surface area contributed by atoms with Gasteiger partial charge in [-0.15, -0.1) is 0 Å². The zero-order valence-electron chi connectivity index (χ0n) is 8.48. The number of halogens is 1. The van der Waals surface area contributed by atoms with Gasteiger partial charge in [0.2, 0.25) is 0 Å². The van der Waals surface area contributed by atoms with Gasteiger partial charge in [0, 0.05) is 0 Å². The van der Waals surface area contributed by atoms with Crippen LogP contribution < -0.4 is 4.46 Å². The maximum atomic E-state index is 12.9. The fraction of sp³-hybridized carbons (Fsp3) is 0. The van der Waals surface area contributed by atoms with Gasteiger partial charge in [-0.1, -0.05) is 0 Å².